The average Bonchev–Trinajstić information content (AvgIpc) is 3.22. The van der Waals surface area contributed by atoms with Crippen LogP contribution in [0.5, 0.6) is 0 Å². The molecule has 0 aliphatic heterocycles. The Kier molecular flexibility index (Phi) is 4.15. The van der Waals surface area contributed by atoms with Crippen molar-refractivity contribution < 1.29 is 13.2 Å². The first kappa shape index (κ1) is 15.0. The lowest BCUT2D eigenvalue weighted by atomic mass is 10.1. The summed E-state index contributed by atoms with van der Waals surface area (Å²) in [5.41, 5.74) is 0.482. The van der Waals surface area contributed by atoms with E-state index in [1.54, 1.807) is 12.1 Å². The lowest BCUT2D eigenvalue weighted by Crippen LogP contribution is -2.34. The SMILES string of the molecule is C[C@H](NC(=O)c1ccc(S(=O)(=O)N(C)C)cc1)C1CC1. The van der Waals surface area contributed by atoms with E-state index in [1.807, 2.05) is 6.92 Å². The third kappa shape index (κ3) is 3.19. The third-order valence-electron chi connectivity index (χ3n) is 3.58. The van der Waals surface area contributed by atoms with E-state index < -0.39 is 10.0 Å². The summed E-state index contributed by atoms with van der Waals surface area (Å²) < 4.78 is 25.0. The van der Waals surface area contributed by atoms with Gasteiger partial charge in [0.2, 0.25) is 10.0 Å². The van der Waals surface area contributed by atoms with E-state index in [0.717, 1.165) is 4.31 Å². The van der Waals surface area contributed by atoms with Gasteiger partial charge in [0, 0.05) is 25.7 Å². The molecule has 20 heavy (non-hydrogen) atoms. The average molecular weight is 296 g/mol. The van der Waals surface area contributed by atoms with Crippen molar-refractivity contribution in [1.29, 1.82) is 0 Å². The molecule has 1 fully saturated rings. The van der Waals surface area contributed by atoms with E-state index in [4.69, 9.17) is 0 Å². The number of benzene rings is 1. The third-order valence-corrected chi connectivity index (χ3v) is 5.41. The molecule has 1 saturated carbocycles. The predicted molar refractivity (Wildman–Crippen MR) is 77.0 cm³/mol. The van der Waals surface area contributed by atoms with Crippen LogP contribution >= 0.6 is 0 Å². The zero-order valence-corrected chi connectivity index (χ0v) is 12.8. The number of hydrogen-bond donors (Lipinski definition) is 1. The molecule has 110 valence electrons. The highest BCUT2D eigenvalue weighted by atomic mass is 32.2. The molecule has 1 amide bonds. The van der Waals surface area contributed by atoms with Gasteiger partial charge in [-0.05, 0) is 49.9 Å². The molecule has 1 aromatic carbocycles. The molecule has 0 heterocycles. The summed E-state index contributed by atoms with van der Waals surface area (Å²) in [6, 6.07) is 6.20. The zero-order chi connectivity index (χ0) is 14.9. The first-order chi connectivity index (χ1) is 9.32. The fourth-order valence-electron chi connectivity index (χ4n) is 1.99. The van der Waals surface area contributed by atoms with Crippen molar-refractivity contribution in [2.24, 2.45) is 5.92 Å². The van der Waals surface area contributed by atoms with Crippen molar-refractivity contribution in [2.75, 3.05) is 14.1 Å². The minimum atomic E-state index is -3.44. The van der Waals surface area contributed by atoms with Crippen LogP contribution in [-0.2, 0) is 10.0 Å². The maximum atomic E-state index is 12.0. The molecule has 0 radical (unpaired) electrons. The van der Waals surface area contributed by atoms with Gasteiger partial charge < -0.3 is 5.32 Å². The van der Waals surface area contributed by atoms with Gasteiger partial charge in [-0.15, -0.1) is 0 Å². The minimum Gasteiger partial charge on any atom is -0.349 e. The molecule has 0 unspecified atom stereocenters. The molecule has 0 aromatic heterocycles. The van der Waals surface area contributed by atoms with Gasteiger partial charge in [-0.25, -0.2) is 12.7 Å². The van der Waals surface area contributed by atoms with Gasteiger partial charge >= 0.3 is 0 Å². The van der Waals surface area contributed by atoms with Crippen LogP contribution in [0, 0.1) is 5.92 Å². The molecule has 1 aromatic rings. The molecule has 2 rings (SSSR count). The monoisotopic (exact) mass is 296 g/mol. The highest BCUT2D eigenvalue weighted by Crippen LogP contribution is 2.32. The summed E-state index contributed by atoms with van der Waals surface area (Å²) in [6.07, 6.45) is 2.34. The summed E-state index contributed by atoms with van der Waals surface area (Å²) in [5, 5.41) is 2.94. The fourth-order valence-corrected chi connectivity index (χ4v) is 2.89. The Morgan fingerprint density at radius 3 is 2.25 bits per heavy atom. The zero-order valence-electron chi connectivity index (χ0n) is 12.0. The smallest absolute Gasteiger partial charge is 0.251 e. The molecular weight excluding hydrogens is 276 g/mol. The first-order valence-corrected chi connectivity index (χ1v) is 8.10. The van der Waals surface area contributed by atoms with Crippen LogP contribution in [-0.4, -0.2) is 38.8 Å². The van der Waals surface area contributed by atoms with Gasteiger partial charge in [0.1, 0.15) is 0 Å². The summed E-state index contributed by atoms with van der Waals surface area (Å²) >= 11 is 0. The Labute approximate surface area is 120 Å². The molecule has 5 nitrogen and oxygen atoms in total. The Morgan fingerprint density at radius 2 is 1.80 bits per heavy atom. The van der Waals surface area contributed by atoms with Crippen molar-refractivity contribution in [2.45, 2.75) is 30.7 Å². The Balaban J connectivity index is 2.09. The van der Waals surface area contributed by atoms with E-state index in [9.17, 15) is 13.2 Å². The van der Waals surface area contributed by atoms with Crippen LogP contribution in [0.2, 0.25) is 0 Å². The van der Waals surface area contributed by atoms with Crippen molar-refractivity contribution in [1.82, 2.24) is 9.62 Å². The van der Waals surface area contributed by atoms with Crippen LogP contribution < -0.4 is 5.32 Å². The first-order valence-electron chi connectivity index (χ1n) is 6.66. The number of sulfonamides is 1. The second kappa shape index (κ2) is 5.54. The molecule has 1 atom stereocenters. The maximum absolute atomic E-state index is 12.0. The number of nitrogens with zero attached hydrogens (tertiary/aromatic N) is 1. The number of hydrogen-bond acceptors (Lipinski definition) is 3. The fraction of sp³-hybridized carbons (Fsp3) is 0.500. The topological polar surface area (TPSA) is 66.5 Å². The Hall–Kier alpha value is -1.40. The van der Waals surface area contributed by atoms with Crippen molar-refractivity contribution >= 4 is 15.9 Å². The van der Waals surface area contributed by atoms with E-state index in [1.165, 1.54) is 39.1 Å². The highest BCUT2D eigenvalue weighted by molar-refractivity contribution is 7.89. The standard InChI is InChI=1S/C14H20N2O3S/c1-10(11-4-5-11)15-14(17)12-6-8-13(9-7-12)20(18,19)16(2)3/h6-11H,4-5H2,1-3H3,(H,15,17)/t10-/m0/s1. The molecular formula is C14H20N2O3S. The van der Waals surface area contributed by atoms with Crippen molar-refractivity contribution in [3.8, 4) is 0 Å². The van der Waals surface area contributed by atoms with Gasteiger partial charge in [-0.1, -0.05) is 0 Å². The van der Waals surface area contributed by atoms with E-state index in [-0.39, 0.29) is 16.8 Å². The lowest BCUT2D eigenvalue weighted by Gasteiger charge is -2.14. The van der Waals surface area contributed by atoms with E-state index in [2.05, 4.69) is 5.32 Å². The molecule has 0 spiro atoms. The lowest BCUT2D eigenvalue weighted by molar-refractivity contribution is 0.0935. The van der Waals surface area contributed by atoms with Gasteiger partial charge in [-0.3, -0.25) is 4.79 Å². The minimum absolute atomic E-state index is 0.154. The number of carbonyl (C=O) groups excluding carboxylic acids is 1. The van der Waals surface area contributed by atoms with Gasteiger partial charge in [0.15, 0.2) is 0 Å². The molecule has 0 bridgehead atoms. The second-order valence-electron chi connectivity index (χ2n) is 5.41. The second-order valence-corrected chi connectivity index (χ2v) is 7.56. The summed E-state index contributed by atoms with van der Waals surface area (Å²) in [6.45, 7) is 2.00. The molecule has 1 aliphatic carbocycles. The van der Waals surface area contributed by atoms with Crippen LogP contribution in [0.1, 0.15) is 30.1 Å². The predicted octanol–water partition coefficient (Wildman–Crippen LogP) is 1.47. The maximum Gasteiger partial charge on any atom is 0.251 e. The molecule has 1 aliphatic rings. The van der Waals surface area contributed by atoms with Crippen LogP contribution in [0.15, 0.2) is 29.2 Å². The Bertz CT molecular complexity index is 589. The number of nitrogens with one attached hydrogen (secondary N) is 1. The largest absolute Gasteiger partial charge is 0.349 e. The molecule has 1 N–H and O–H groups in total. The van der Waals surface area contributed by atoms with Crippen LogP contribution in [0.3, 0.4) is 0 Å². The molecule has 0 saturated heterocycles. The van der Waals surface area contributed by atoms with E-state index >= 15 is 0 Å². The van der Waals surface area contributed by atoms with Crippen molar-refractivity contribution in [3.05, 3.63) is 29.8 Å². The summed E-state index contributed by atoms with van der Waals surface area (Å²) in [4.78, 5) is 12.2. The highest BCUT2D eigenvalue weighted by Gasteiger charge is 2.29. The van der Waals surface area contributed by atoms with Gasteiger partial charge in [-0.2, -0.15) is 0 Å². The van der Waals surface area contributed by atoms with Gasteiger partial charge in [0.25, 0.3) is 5.91 Å². The van der Waals surface area contributed by atoms with Gasteiger partial charge in [0.05, 0.1) is 4.90 Å². The normalized spacial score (nSPS) is 17.0. The molecule has 6 heteroatoms. The summed E-state index contributed by atoms with van der Waals surface area (Å²) in [5.74, 6) is 0.436. The number of amides is 1. The van der Waals surface area contributed by atoms with Crippen LogP contribution in [0.4, 0.5) is 0 Å². The summed E-state index contributed by atoms with van der Waals surface area (Å²) in [7, 11) is -0.485. The quantitative estimate of drug-likeness (QED) is 0.894. The number of carbonyl (C=O) groups is 1. The number of rotatable bonds is 5. The van der Waals surface area contributed by atoms with Crippen molar-refractivity contribution in [3.63, 3.8) is 0 Å². The van der Waals surface area contributed by atoms with E-state index in [0.29, 0.717) is 11.5 Å². The Morgan fingerprint density at radius 1 is 1.25 bits per heavy atom. The van der Waals surface area contributed by atoms with Crippen LogP contribution in [0.25, 0.3) is 0 Å².